The van der Waals surface area contributed by atoms with E-state index in [-0.39, 0.29) is 23.6 Å². The van der Waals surface area contributed by atoms with Gasteiger partial charge in [0, 0.05) is 12.4 Å². The summed E-state index contributed by atoms with van der Waals surface area (Å²) in [5, 5.41) is 21.9. The second kappa shape index (κ2) is 6.09. The lowest BCUT2D eigenvalue weighted by Crippen LogP contribution is -2.53. The summed E-state index contributed by atoms with van der Waals surface area (Å²) in [6.07, 6.45) is 3.24. The second-order valence-electron chi connectivity index (χ2n) is 5.13. The number of amides is 1. The van der Waals surface area contributed by atoms with Crippen LogP contribution in [0.2, 0.25) is 0 Å². The Morgan fingerprint density at radius 1 is 1.30 bits per heavy atom. The van der Waals surface area contributed by atoms with Gasteiger partial charge in [-0.05, 0) is 30.2 Å². The molecule has 3 rings (SSSR count). The fourth-order valence-corrected chi connectivity index (χ4v) is 2.46. The van der Waals surface area contributed by atoms with E-state index in [2.05, 4.69) is 10.3 Å². The van der Waals surface area contributed by atoms with E-state index in [0.717, 1.165) is 0 Å². The molecule has 1 unspecified atom stereocenters. The molecule has 2 aromatic rings. The quantitative estimate of drug-likeness (QED) is 0.714. The Morgan fingerprint density at radius 2 is 2.13 bits per heavy atom. The van der Waals surface area contributed by atoms with Crippen molar-refractivity contribution in [3.63, 3.8) is 0 Å². The molecule has 1 aromatic heterocycles. The highest BCUT2D eigenvalue weighted by Crippen LogP contribution is 2.30. The van der Waals surface area contributed by atoms with E-state index >= 15 is 0 Å². The van der Waals surface area contributed by atoms with Crippen LogP contribution in [0.3, 0.4) is 0 Å². The number of carbonyl (C=O) groups excluding carboxylic acids is 1. The maximum Gasteiger partial charge on any atom is 0.547 e. The summed E-state index contributed by atoms with van der Waals surface area (Å²) in [7, 11) is -1.33. The number of rotatable bonds is 3. The van der Waals surface area contributed by atoms with Crippen molar-refractivity contribution >= 4 is 19.0 Å². The highest BCUT2D eigenvalue weighted by Gasteiger charge is 2.37. The van der Waals surface area contributed by atoms with Crippen LogP contribution in [0.5, 0.6) is 5.75 Å². The van der Waals surface area contributed by atoms with Crippen LogP contribution in [-0.4, -0.2) is 40.1 Å². The smallest absolute Gasteiger partial charge is 0.534 e. The summed E-state index contributed by atoms with van der Waals surface area (Å²) in [5.41, 5.74) is 0.968. The Bertz CT molecular complexity index is 753. The van der Waals surface area contributed by atoms with Crippen molar-refractivity contribution in [3.8, 4) is 5.75 Å². The van der Waals surface area contributed by atoms with Crippen molar-refractivity contribution in [1.29, 1.82) is 0 Å². The summed E-state index contributed by atoms with van der Waals surface area (Å²) in [4.78, 5) is 27.2. The van der Waals surface area contributed by atoms with Gasteiger partial charge in [0.2, 0.25) is 0 Å². The van der Waals surface area contributed by atoms with Crippen LogP contribution in [0.4, 0.5) is 0 Å². The van der Waals surface area contributed by atoms with Crippen LogP contribution in [0.25, 0.3) is 0 Å². The molecule has 1 aliphatic rings. The van der Waals surface area contributed by atoms with Crippen molar-refractivity contribution in [2.45, 2.75) is 12.4 Å². The zero-order valence-electron chi connectivity index (χ0n) is 12.0. The number of hydrogen-bond acceptors (Lipinski definition) is 5. The van der Waals surface area contributed by atoms with Gasteiger partial charge in [0.05, 0.1) is 17.1 Å². The molecule has 7 nitrogen and oxygen atoms in total. The van der Waals surface area contributed by atoms with Gasteiger partial charge < -0.3 is 20.1 Å². The summed E-state index contributed by atoms with van der Waals surface area (Å²) in [6.45, 7) is 0. The third-order valence-corrected chi connectivity index (χ3v) is 3.59. The molecule has 1 aliphatic heterocycles. The lowest BCUT2D eigenvalue weighted by molar-refractivity contribution is 0.0693. The number of carbonyl (C=O) groups is 2. The van der Waals surface area contributed by atoms with E-state index in [1.807, 2.05) is 0 Å². The van der Waals surface area contributed by atoms with Crippen LogP contribution < -0.4 is 9.97 Å². The van der Waals surface area contributed by atoms with E-state index in [0.29, 0.717) is 11.1 Å². The highest BCUT2D eigenvalue weighted by molar-refractivity contribution is 6.47. The molecule has 0 fully saturated rings. The minimum Gasteiger partial charge on any atom is -0.534 e. The van der Waals surface area contributed by atoms with Crippen molar-refractivity contribution in [2.75, 3.05) is 0 Å². The molecule has 0 saturated carbocycles. The summed E-state index contributed by atoms with van der Waals surface area (Å²) < 4.78 is 5.32. The Labute approximate surface area is 132 Å². The number of hydrogen-bond donors (Lipinski definition) is 3. The summed E-state index contributed by atoms with van der Waals surface area (Å²) in [5.74, 6) is -2.06. The molecular weight excluding hydrogens is 299 g/mol. The average Bonchev–Trinajstić information content (AvgIpc) is 2.55. The highest BCUT2D eigenvalue weighted by atomic mass is 16.5. The van der Waals surface area contributed by atoms with Gasteiger partial charge in [0.15, 0.2) is 0 Å². The maximum atomic E-state index is 12.1. The first kappa shape index (κ1) is 15.0. The molecule has 8 heteroatoms. The van der Waals surface area contributed by atoms with Crippen molar-refractivity contribution in [1.82, 2.24) is 10.3 Å². The first-order valence-corrected chi connectivity index (χ1v) is 6.97. The molecule has 2 heterocycles. The minimum absolute atomic E-state index is 0.0152. The molecule has 0 bridgehead atoms. The fraction of sp³-hybridized carbons (Fsp3) is 0.133. The van der Waals surface area contributed by atoms with Crippen LogP contribution >= 0.6 is 0 Å². The summed E-state index contributed by atoms with van der Waals surface area (Å²) in [6, 6.07) is 7.95. The number of nitrogens with zero attached hydrogens (tertiary/aromatic N) is 1. The first-order valence-electron chi connectivity index (χ1n) is 6.97. The van der Waals surface area contributed by atoms with Crippen LogP contribution in [0.1, 0.15) is 26.3 Å². The number of nitrogens with one attached hydrogen (secondary N) is 1. The molecule has 0 aliphatic carbocycles. The molecule has 3 N–H and O–H groups in total. The predicted octanol–water partition coefficient (Wildman–Crippen LogP) is 0.533. The molecule has 0 saturated heterocycles. The Balaban J connectivity index is 1.81. The van der Waals surface area contributed by atoms with Gasteiger partial charge in [-0.2, -0.15) is 0 Å². The van der Waals surface area contributed by atoms with Gasteiger partial charge >= 0.3 is 13.1 Å². The number of carboxylic acid groups (broad SMARTS) is 1. The van der Waals surface area contributed by atoms with Crippen LogP contribution in [-0.2, 0) is 6.42 Å². The number of pyridine rings is 1. The lowest BCUT2D eigenvalue weighted by Gasteiger charge is -2.28. The number of fused-ring (bicyclic) bond motifs is 1. The third kappa shape index (κ3) is 3.02. The fourth-order valence-electron chi connectivity index (χ4n) is 2.46. The summed E-state index contributed by atoms with van der Waals surface area (Å²) >= 11 is 0. The predicted molar refractivity (Wildman–Crippen MR) is 81.2 cm³/mol. The van der Waals surface area contributed by atoms with Crippen molar-refractivity contribution in [2.24, 2.45) is 0 Å². The second-order valence-corrected chi connectivity index (χ2v) is 5.13. The largest absolute Gasteiger partial charge is 0.547 e. The Hall–Kier alpha value is -2.87. The topological polar surface area (TPSA) is 109 Å². The minimum atomic E-state index is -1.33. The van der Waals surface area contributed by atoms with E-state index in [1.165, 1.54) is 12.3 Å². The average molecular weight is 312 g/mol. The zero-order valence-corrected chi connectivity index (χ0v) is 12.0. The standard InChI is InChI=1S/C15H13BN2O5/c19-14(10-4-2-6-17-8-10)18-12-7-9-3-1-5-11(15(20)21)13(9)23-16(12)22/h1-6,8,12,22H,7H2,(H,18,19)(H,20,21). The van der Waals surface area contributed by atoms with Gasteiger partial charge in [-0.1, -0.05) is 12.1 Å². The Morgan fingerprint density at radius 3 is 2.83 bits per heavy atom. The van der Waals surface area contributed by atoms with Crippen LogP contribution in [0, 0.1) is 0 Å². The van der Waals surface area contributed by atoms with Gasteiger partial charge in [-0.3, -0.25) is 9.78 Å². The van der Waals surface area contributed by atoms with Gasteiger partial charge in [0.1, 0.15) is 5.75 Å². The van der Waals surface area contributed by atoms with E-state index in [1.54, 1.807) is 30.5 Å². The van der Waals surface area contributed by atoms with Crippen molar-refractivity contribution < 1.29 is 24.4 Å². The molecule has 1 atom stereocenters. The molecule has 116 valence electrons. The lowest BCUT2D eigenvalue weighted by atomic mass is 9.72. The van der Waals surface area contributed by atoms with Gasteiger partial charge in [-0.15, -0.1) is 0 Å². The number of benzene rings is 1. The number of para-hydroxylation sites is 1. The molecule has 1 amide bonds. The monoisotopic (exact) mass is 312 g/mol. The molecular formula is C15H13BN2O5. The van der Waals surface area contributed by atoms with E-state index in [9.17, 15) is 14.6 Å². The van der Waals surface area contributed by atoms with Gasteiger partial charge in [-0.25, -0.2) is 4.79 Å². The third-order valence-electron chi connectivity index (χ3n) is 3.59. The van der Waals surface area contributed by atoms with Crippen molar-refractivity contribution in [3.05, 3.63) is 59.4 Å². The van der Waals surface area contributed by atoms with Gasteiger partial charge in [0.25, 0.3) is 5.91 Å². The molecule has 0 radical (unpaired) electrons. The maximum absolute atomic E-state index is 12.1. The van der Waals surface area contributed by atoms with Crippen LogP contribution in [0.15, 0.2) is 42.7 Å². The number of carboxylic acids is 1. The number of aromatic carboxylic acids is 1. The molecule has 1 aromatic carbocycles. The first-order chi connectivity index (χ1) is 11.1. The zero-order chi connectivity index (χ0) is 16.4. The SMILES string of the molecule is O=C(NC1Cc2cccc(C(=O)O)c2OB1O)c1cccnc1. The molecule has 0 spiro atoms. The number of aromatic nitrogens is 1. The molecule has 23 heavy (non-hydrogen) atoms. The van der Waals surface area contributed by atoms with E-state index < -0.39 is 19.0 Å². The Kier molecular flexibility index (Phi) is 3.99. The van der Waals surface area contributed by atoms with E-state index in [4.69, 9.17) is 9.76 Å². The normalized spacial score (nSPS) is 16.2.